The van der Waals surface area contributed by atoms with Gasteiger partial charge in [-0.05, 0) is 134 Å². The van der Waals surface area contributed by atoms with Gasteiger partial charge in [0, 0.05) is 33.5 Å². The van der Waals surface area contributed by atoms with Crippen molar-refractivity contribution in [2.75, 3.05) is 9.80 Å². The molecule has 0 spiro atoms. The van der Waals surface area contributed by atoms with Gasteiger partial charge in [0.15, 0.2) is 0 Å². The van der Waals surface area contributed by atoms with E-state index < -0.39 is 0 Å². The van der Waals surface area contributed by atoms with Crippen LogP contribution in [0.4, 0.5) is 34.1 Å². The zero-order valence-electron chi connectivity index (χ0n) is 38.6. The normalized spacial score (nSPS) is 16.0. The van der Waals surface area contributed by atoms with Crippen molar-refractivity contribution in [2.24, 2.45) is 0 Å². The molecule has 4 heterocycles. The zero-order valence-corrected chi connectivity index (χ0v) is 38.6. The number of hydrogen-bond acceptors (Lipinski definition) is 4. The number of nitrogens with zero attached hydrogens (tertiary/aromatic N) is 2. The second kappa shape index (κ2) is 13.7. The van der Waals surface area contributed by atoms with Gasteiger partial charge in [-0.3, -0.25) is 0 Å². The third kappa shape index (κ3) is 6.56. The van der Waals surface area contributed by atoms with E-state index >= 15 is 0 Å². The van der Waals surface area contributed by atoms with Crippen molar-refractivity contribution in [1.82, 2.24) is 0 Å². The molecule has 0 amide bonds. The molecule has 0 radical (unpaired) electrons. The van der Waals surface area contributed by atoms with Crippen molar-refractivity contribution in [3.8, 4) is 0 Å². The van der Waals surface area contributed by atoms with Crippen LogP contribution in [0.25, 0.3) is 21.9 Å². The maximum atomic E-state index is 7.29. The number of anilines is 6. The number of furan rings is 2. The van der Waals surface area contributed by atoms with Crippen molar-refractivity contribution in [3.63, 3.8) is 0 Å². The highest BCUT2D eigenvalue weighted by Gasteiger charge is 2.50. The Morgan fingerprint density at radius 1 is 0.459 bits per heavy atom. The second-order valence-electron chi connectivity index (χ2n) is 22.6. The molecule has 61 heavy (non-hydrogen) atoms. The summed E-state index contributed by atoms with van der Waals surface area (Å²) < 4.78 is 14.6. The Morgan fingerprint density at radius 3 is 1.21 bits per heavy atom. The summed E-state index contributed by atoms with van der Waals surface area (Å²) in [5, 5.41) is 2.29. The Balaban J connectivity index is 1.34. The first-order valence-corrected chi connectivity index (χ1v) is 22.9. The maximum absolute atomic E-state index is 7.29. The van der Waals surface area contributed by atoms with Gasteiger partial charge < -0.3 is 18.6 Å². The van der Waals surface area contributed by atoms with Crippen molar-refractivity contribution >= 4 is 79.6 Å². The van der Waals surface area contributed by atoms with Crippen LogP contribution >= 0.6 is 0 Å². The molecule has 312 valence electrons. The molecule has 0 atom stereocenters. The topological polar surface area (TPSA) is 32.8 Å². The molecule has 0 saturated heterocycles. The Bertz CT molecular complexity index is 2640. The molecule has 2 aliphatic heterocycles. The monoisotopic (exact) mass is 806 g/mol. The van der Waals surface area contributed by atoms with E-state index in [2.05, 4.69) is 190 Å². The first kappa shape index (κ1) is 39.9. The average molecular weight is 807 g/mol. The molecule has 0 N–H and O–H groups in total. The van der Waals surface area contributed by atoms with E-state index in [1.54, 1.807) is 0 Å². The summed E-state index contributed by atoms with van der Waals surface area (Å²) in [6, 6.07) is 37.5. The van der Waals surface area contributed by atoms with Crippen LogP contribution in [0.2, 0.25) is 0 Å². The Hall–Kier alpha value is -5.16. The molecular formula is C56H63BN2O2. The van der Waals surface area contributed by atoms with Gasteiger partial charge >= 0.3 is 6.71 Å². The summed E-state index contributed by atoms with van der Waals surface area (Å²) in [7, 11) is 0. The minimum Gasteiger partial charge on any atom is -0.468 e. The minimum atomic E-state index is -0.249. The lowest BCUT2D eigenvalue weighted by Gasteiger charge is -2.42. The predicted octanol–water partition coefficient (Wildman–Crippen LogP) is 14.5. The molecule has 0 unspecified atom stereocenters. The highest BCUT2D eigenvalue weighted by Crippen LogP contribution is 2.51. The van der Waals surface area contributed by atoms with Gasteiger partial charge in [-0.1, -0.05) is 139 Å². The lowest BCUT2D eigenvalue weighted by Crippen LogP contribution is -2.60. The van der Waals surface area contributed by atoms with Gasteiger partial charge in [0.25, 0.3) is 0 Å². The van der Waals surface area contributed by atoms with Crippen LogP contribution in [0.15, 0.2) is 106 Å². The molecule has 5 heteroatoms. The van der Waals surface area contributed by atoms with Crippen LogP contribution in [0.1, 0.15) is 149 Å². The number of rotatable bonds is 3. The fraction of sp³-hybridized carbons (Fsp3) is 0.393. The SMILES string of the molecule is CC(C)(C)c1ccc(N2c3cc(C4CCCCC4)cc4c3B(c3oc5ccc(C(C)(C)C)cc5c32)c2oc3ccc(C(C)(C)C)cc3c2N4c2ccc(C(C)(C)C)cc2)cc1. The van der Waals surface area contributed by atoms with Crippen LogP contribution in [-0.2, 0) is 21.7 Å². The van der Waals surface area contributed by atoms with E-state index in [1.807, 2.05) is 0 Å². The molecule has 1 fully saturated rings. The average Bonchev–Trinajstić information content (AvgIpc) is 3.78. The first-order valence-electron chi connectivity index (χ1n) is 22.9. The highest BCUT2D eigenvalue weighted by atomic mass is 16.3. The molecule has 7 aromatic rings. The third-order valence-corrected chi connectivity index (χ3v) is 14.1. The van der Waals surface area contributed by atoms with Crippen molar-refractivity contribution in [3.05, 3.63) is 125 Å². The van der Waals surface area contributed by atoms with Crippen LogP contribution in [0.3, 0.4) is 0 Å². The van der Waals surface area contributed by atoms with E-state index in [0.29, 0.717) is 5.92 Å². The summed E-state index contributed by atoms with van der Waals surface area (Å²) in [6.07, 6.45) is 6.29. The summed E-state index contributed by atoms with van der Waals surface area (Å²) in [5.41, 5.74) is 18.6. The Kier molecular flexibility index (Phi) is 8.95. The third-order valence-electron chi connectivity index (χ3n) is 14.1. The molecular weight excluding hydrogens is 743 g/mol. The van der Waals surface area contributed by atoms with Crippen molar-refractivity contribution in [1.29, 1.82) is 0 Å². The quantitative estimate of drug-likeness (QED) is 0.167. The molecule has 5 aromatic carbocycles. The van der Waals surface area contributed by atoms with Crippen LogP contribution in [0.5, 0.6) is 0 Å². The minimum absolute atomic E-state index is 0.0318. The van der Waals surface area contributed by atoms with Crippen molar-refractivity contribution in [2.45, 2.75) is 143 Å². The number of hydrogen-bond donors (Lipinski definition) is 0. The molecule has 3 aliphatic rings. The van der Waals surface area contributed by atoms with Gasteiger partial charge in [-0.2, -0.15) is 0 Å². The summed E-state index contributed by atoms with van der Waals surface area (Å²) in [5.74, 6) is 0.494. The van der Waals surface area contributed by atoms with E-state index in [9.17, 15) is 0 Å². The van der Waals surface area contributed by atoms with Crippen LogP contribution in [0, 0.1) is 0 Å². The fourth-order valence-electron chi connectivity index (χ4n) is 10.4. The van der Waals surface area contributed by atoms with Gasteiger partial charge in [0.05, 0.1) is 11.4 Å². The van der Waals surface area contributed by atoms with Gasteiger partial charge in [-0.25, -0.2) is 0 Å². The van der Waals surface area contributed by atoms with Gasteiger partial charge in [-0.15, -0.1) is 0 Å². The van der Waals surface area contributed by atoms with Crippen molar-refractivity contribution < 1.29 is 8.83 Å². The molecule has 2 aromatic heterocycles. The second-order valence-corrected chi connectivity index (χ2v) is 22.6. The number of fused-ring (bicyclic) bond motifs is 8. The molecule has 1 saturated carbocycles. The van der Waals surface area contributed by atoms with E-state index in [1.165, 1.54) is 76.8 Å². The molecule has 0 bridgehead atoms. The smallest absolute Gasteiger partial charge is 0.342 e. The van der Waals surface area contributed by atoms with Gasteiger partial charge in [0.2, 0.25) is 0 Å². The fourth-order valence-corrected chi connectivity index (χ4v) is 10.4. The summed E-state index contributed by atoms with van der Waals surface area (Å²) in [4.78, 5) is 5.10. The predicted molar refractivity (Wildman–Crippen MR) is 261 cm³/mol. The molecule has 4 nitrogen and oxygen atoms in total. The molecule has 1 aliphatic carbocycles. The Labute approximate surface area is 364 Å². The molecule has 10 rings (SSSR count). The number of benzene rings is 5. The van der Waals surface area contributed by atoms with E-state index in [-0.39, 0.29) is 28.4 Å². The lowest BCUT2D eigenvalue weighted by atomic mass is 9.37. The van der Waals surface area contributed by atoms with Crippen LogP contribution in [-0.4, -0.2) is 6.71 Å². The van der Waals surface area contributed by atoms with Crippen LogP contribution < -0.4 is 26.6 Å². The standard InChI is InChI=1S/C56H63BN2O2/c1-53(2,3)36-18-24-40(25-19-36)58-44-30-35(34-16-14-13-15-17-34)31-45-48(44)57(51-49(58)42-32-38(55(7,8)9)22-28-46(42)60-51)52-50(43-33-39(56(10,11)12)23-29-47(43)61-52)59(45)41-26-20-37(21-27-41)54(4,5)6/h18-34H,13-17H2,1-12H3. The largest absolute Gasteiger partial charge is 0.468 e. The van der Waals surface area contributed by atoms with E-state index in [4.69, 9.17) is 8.83 Å². The summed E-state index contributed by atoms with van der Waals surface area (Å²) in [6.45, 7) is 27.4. The zero-order chi connectivity index (χ0) is 43.0. The summed E-state index contributed by atoms with van der Waals surface area (Å²) >= 11 is 0. The maximum Gasteiger partial charge on any atom is 0.342 e. The first-order chi connectivity index (χ1) is 28.8. The van der Waals surface area contributed by atoms with Gasteiger partial charge in [0.1, 0.15) is 22.5 Å². The van der Waals surface area contributed by atoms with E-state index in [0.717, 1.165) is 56.0 Å². The lowest BCUT2D eigenvalue weighted by molar-refractivity contribution is 0.444. The Morgan fingerprint density at radius 2 is 0.836 bits per heavy atom. The highest BCUT2D eigenvalue weighted by molar-refractivity contribution is 6.99.